The van der Waals surface area contributed by atoms with Crippen molar-refractivity contribution >= 4 is 22.4 Å². The molecule has 0 aliphatic rings. The first-order chi connectivity index (χ1) is 10.5. The van der Waals surface area contributed by atoms with Gasteiger partial charge in [-0.2, -0.15) is 0 Å². The summed E-state index contributed by atoms with van der Waals surface area (Å²) >= 11 is 0. The number of amides is 1. The van der Waals surface area contributed by atoms with Crippen LogP contribution in [0.25, 0.3) is 10.8 Å². The first kappa shape index (κ1) is 17.5. The Morgan fingerprint density at radius 1 is 0.957 bits per heavy atom. The summed E-state index contributed by atoms with van der Waals surface area (Å²) in [5, 5.41) is 16.7. The summed E-state index contributed by atoms with van der Waals surface area (Å²) in [6.45, 7) is 3.93. The second-order valence-electron chi connectivity index (χ2n) is 5.47. The van der Waals surface area contributed by atoms with Crippen LogP contribution in [-0.4, -0.2) is 5.91 Å². The maximum Gasteiger partial charge on any atom is 1.00 e. The molecule has 3 rings (SSSR count). The molecule has 0 saturated carbocycles. The number of nitrogens with one attached hydrogen (secondary N) is 1. The number of carbonyl (C=O) groups excluding carboxylic acids is 1. The molecule has 23 heavy (non-hydrogen) atoms. The van der Waals surface area contributed by atoms with Crippen molar-refractivity contribution in [3.8, 4) is 5.75 Å². The van der Waals surface area contributed by atoms with Crippen LogP contribution in [0.1, 0.15) is 21.5 Å². The SMILES string of the molecule is Cc1ccc(NC(=O)c2cc3ccccc3cc2[O-])c(C)c1.[Na+]. The van der Waals surface area contributed by atoms with Gasteiger partial charge in [-0.05, 0) is 42.3 Å². The van der Waals surface area contributed by atoms with Gasteiger partial charge in [0.2, 0.25) is 0 Å². The number of carbonyl (C=O) groups is 1. The van der Waals surface area contributed by atoms with Crippen LogP contribution in [0, 0.1) is 13.8 Å². The Kier molecular flexibility index (Phi) is 5.47. The Morgan fingerprint density at radius 2 is 1.61 bits per heavy atom. The van der Waals surface area contributed by atoms with Crippen LogP contribution < -0.4 is 40.0 Å². The standard InChI is InChI=1S/C19H17NO2.Na/c1-12-7-8-17(13(2)9-12)20-19(22)16-10-14-5-3-4-6-15(14)11-18(16)21;/h3-11,21H,1-2H3,(H,20,22);/q;+1/p-1. The van der Waals surface area contributed by atoms with Gasteiger partial charge in [0.05, 0.1) is 0 Å². The molecule has 0 bridgehead atoms. The largest absolute Gasteiger partial charge is 1.00 e. The third kappa shape index (κ3) is 3.75. The summed E-state index contributed by atoms with van der Waals surface area (Å²) in [7, 11) is 0. The molecule has 0 aliphatic heterocycles. The molecule has 3 aromatic rings. The van der Waals surface area contributed by atoms with E-state index in [4.69, 9.17) is 0 Å². The van der Waals surface area contributed by atoms with Crippen LogP contribution in [0.2, 0.25) is 0 Å². The predicted octanol–water partition coefficient (Wildman–Crippen LogP) is 0.787. The van der Waals surface area contributed by atoms with E-state index in [1.807, 2.05) is 56.3 Å². The molecule has 3 aromatic carbocycles. The number of hydrogen-bond donors (Lipinski definition) is 1. The van der Waals surface area contributed by atoms with E-state index in [1.54, 1.807) is 6.07 Å². The fraction of sp³-hybridized carbons (Fsp3) is 0.105. The van der Waals surface area contributed by atoms with E-state index in [1.165, 1.54) is 6.07 Å². The zero-order valence-corrected chi connectivity index (χ0v) is 15.5. The van der Waals surface area contributed by atoms with Crippen molar-refractivity contribution in [1.29, 1.82) is 0 Å². The van der Waals surface area contributed by atoms with Gasteiger partial charge in [0, 0.05) is 11.3 Å². The molecular formula is C19H16NNaO2. The number of hydrogen-bond acceptors (Lipinski definition) is 2. The van der Waals surface area contributed by atoms with Crippen LogP contribution in [0.15, 0.2) is 54.6 Å². The fourth-order valence-corrected chi connectivity index (χ4v) is 2.54. The van der Waals surface area contributed by atoms with Gasteiger partial charge in [-0.1, -0.05) is 53.8 Å². The molecule has 0 saturated heterocycles. The third-order valence-corrected chi connectivity index (χ3v) is 3.72. The van der Waals surface area contributed by atoms with E-state index >= 15 is 0 Å². The first-order valence-electron chi connectivity index (χ1n) is 7.13. The van der Waals surface area contributed by atoms with E-state index in [9.17, 15) is 9.90 Å². The summed E-state index contributed by atoms with van der Waals surface area (Å²) in [6, 6.07) is 16.5. The van der Waals surface area contributed by atoms with Crippen molar-refractivity contribution in [1.82, 2.24) is 0 Å². The van der Waals surface area contributed by atoms with Crippen LogP contribution in [0.3, 0.4) is 0 Å². The monoisotopic (exact) mass is 313 g/mol. The van der Waals surface area contributed by atoms with Gasteiger partial charge in [-0.15, -0.1) is 0 Å². The van der Waals surface area contributed by atoms with Crippen molar-refractivity contribution in [3.63, 3.8) is 0 Å². The molecule has 1 N–H and O–H groups in total. The van der Waals surface area contributed by atoms with Crippen molar-refractivity contribution in [2.75, 3.05) is 5.32 Å². The van der Waals surface area contributed by atoms with Gasteiger partial charge in [0.1, 0.15) is 0 Å². The molecule has 0 radical (unpaired) electrons. The van der Waals surface area contributed by atoms with Crippen molar-refractivity contribution < 1.29 is 39.5 Å². The number of benzene rings is 3. The number of aryl methyl sites for hydroxylation is 2. The molecule has 0 heterocycles. The molecule has 0 aromatic heterocycles. The molecule has 0 fully saturated rings. The number of anilines is 1. The Labute approximate surface area is 157 Å². The third-order valence-electron chi connectivity index (χ3n) is 3.72. The molecule has 0 spiro atoms. The second-order valence-corrected chi connectivity index (χ2v) is 5.47. The molecule has 0 unspecified atom stereocenters. The van der Waals surface area contributed by atoms with E-state index < -0.39 is 0 Å². The maximum absolute atomic E-state index is 12.4. The van der Waals surface area contributed by atoms with Gasteiger partial charge in [0.15, 0.2) is 0 Å². The van der Waals surface area contributed by atoms with Crippen LogP contribution in [0.4, 0.5) is 5.69 Å². The van der Waals surface area contributed by atoms with Crippen LogP contribution >= 0.6 is 0 Å². The molecular weight excluding hydrogens is 297 g/mol. The summed E-state index contributed by atoms with van der Waals surface area (Å²) in [4.78, 5) is 12.4. The van der Waals surface area contributed by atoms with Gasteiger partial charge in [-0.3, -0.25) is 4.79 Å². The van der Waals surface area contributed by atoms with E-state index in [-0.39, 0.29) is 46.8 Å². The molecule has 3 nitrogen and oxygen atoms in total. The number of rotatable bonds is 2. The molecule has 0 aliphatic carbocycles. The fourth-order valence-electron chi connectivity index (χ4n) is 2.54. The topological polar surface area (TPSA) is 52.2 Å². The maximum atomic E-state index is 12.4. The van der Waals surface area contributed by atoms with E-state index in [2.05, 4.69) is 5.32 Å². The minimum atomic E-state index is -0.372. The average Bonchev–Trinajstić information content (AvgIpc) is 2.49. The zero-order chi connectivity index (χ0) is 15.7. The van der Waals surface area contributed by atoms with E-state index in [0.717, 1.165) is 27.6 Å². The first-order valence-corrected chi connectivity index (χ1v) is 7.13. The van der Waals surface area contributed by atoms with E-state index in [0.29, 0.717) is 0 Å². The molecule has 1 amide bonds. The van der Waals surface area contributed by atoms with Crippen LogP contribution in [0.5, 0.6) is 5.75 Å². The average molecular weight is 313 g/mol. The van der Waals surface area contributed by atoms with Crippen molar-refractivity contribution in [3.05, 3.63) is 71.3 Å². The smallest absolute Gasteiger partial charge is 0.872 e. The van der Waals surface area contributed by atoms with Gasteiger partial charge < -0.3 is 10.4 Å². The minimum Gasteiger partial charge on any atom is -0.872 e. The molecule has 110 valence electrons. The van der Waals surface area contributed by atoms with Gasteiger partial charge in [0.25, 0.3) is 5.91 Å². The summed E-state index contributed by atoms with van der Waals surface area (Å²) in [6.07, 6.45) is 0. The Bertz CT molecular complexity index is 874. The van der Waals surface area contributed by atoms with Crippen LogP contribution in [-0.2, 0) is 0 Å². The Morgan fingerprint density at radius 3 is 2.26 bits per heavy atom. The van der Waals surface area contributed by atoms with Crippen molar-refractivity contribution in [2.45, 2.75) is 13.8 Å². The summed E-state index contributed by atoms with van der Waals surface area (Å²) < 4.78 is 0. The normalized spacial score (nSPS) is 10.2. The quantitative estimate of drug-likeness (QED) is 0.711. The Balaban J connectivity index is 0.00000192. The van der Waals surface area contributed by atoms with Gasteiger partial charge >= 0.3 is 29.6 Å². The predicted molar refractivity (Wildman–Crippen MR) is 87.3 cm³/mol. The Hall–Kier alpha value is -1.81. The zero-order valence-electron chi connectivity index (χ0n) is 13.5. The minimum absolute atomic E-state index is 0. The van der Waals surface area contributed by atoms with Gasteiger partial charge in [-0.25, -0.2) is 0 Å². The molecule has 0 atom stereocenters. The summed E-state index contributed by atoms with van der Waals surface area (Å²) in [5.74, 6) is -0.635. The molecule has 4 heteroatoms. The van der Waals surface area contributed by atoms with Crippen molar-refractivity contribution in [2.24, 2.45) is 0 Å². The number of fused-ring (bicyclic) bond motifs is 1. The summed E-state index contributed by atoms with van der Waals surface area (Å²) in [5.41, 5.74) is 2.99. The second kappa shape index (κ2) is 7.18.